The number of amides is 2. The fourth-order valence-corrected chi connectivity index (χ4v) is 2.97. The van der Waals surface area contributed by atoms with Gasteiger partial charge in [0.2, 0.25) is 11.8 Å². The van der Waals surface area contributed by atoms with Crippen LogP contribution < -0.4 is 5.32 Å². The van der Waals surface area contributed by atoms with Crippen LogP contribution in [0.1, 0.15) is 45.4 Å². The Morgan fingerprint density at radius 3 is 2.53 bits per heavy atom. The lowest BCUT2D eigenvalue weighted by Crippen LogP contribution is -2.50. The third-order valence-corrected chi connectivity index (χ3v) is 4.10. The maximum Gasteiger partial charge on any atom is 0.243 e. The predicted octanol–water partition coefficient (Wildman–Crippen LogP) is 0.947. The van der Waals surface area contributed by atoms with Crippen LogP contribution in [0.3, 0.4) is 0 Å². The highest BCUT2D eigenvalue weighted by Crippen LogP contribution is 2.16. The SMILES string of the molecule is CC[C@@H](C(=O)NCN1CCCCC1)N1CCCC1=O. The third kappa shape index (κ3) is 3.69. The Balaban J connectivity index is 1.81. The molecular weight excluding hydrogens is 242 g/mol. The number of nitrogens with zero attached hydrogens (tertiary/aromatic N) is 2. The lowest BCUT2D eigenvalue weighted by molar-refractivity contribution is -0.137. The van der Waals surface area contributed by atoms with Gasteiger partial charge in [0.15, 0.2) is 0 Å². The van der Waals surface area contributed by atoms with Gasteiger partial charge in [-0.2, -0.15) is 0 Å². The molecule has 0 aliphatic carbocycles. The van der Waals surface area contributed by atoms with Gasteiger partial charge in [0, 0.05) is 13.0 Å². The van der Waals surface area contributed by atoms with Crippen LogP contribution in [0.4, 0.5) is 0 Å². The Kier molecular flexibility index (Phi) is 5.19. The van der Waals surface area contributed by atoms with Gasteiger partial charge in [-0.1, -0.05) is 13.3 Å². The maximum atomic E-state index is 12.2. The van der Waals surface area contributed by atoms with Crippen LogP contribution in [-0.2, 0) is 9.59 Å². The summed E-state index contributed by atoms with van der Waals surface area (Å²) in [6.45, 7) is 5.46. The molecule has 2 fully saturated rings. The molecule has 2 heterocycles. The largest absolute Gasteiger partial charge is 0.342 e. The van der Waals surface area contributed by atoms with Crippen molar-refractivity contribution in [1.82, 2.24) is 15.1 Å². The van der Waals surface area contributed by atoms with E-state index in [0.29, 0.717) is 19.5 Å². The lowest BCUT2D eigenvalue weighted by atomic mass is 10.1. The zero-order valence-electron chi connectivity index (χ0n) is 11.9. The van der Waals surface area contributed by atoms with Crippen LogP contribution in [0, 0.1) is 0 Å². The van der Waals surface area contributed by atoms with Crippen LogP contribution in [0.15, 0.2) is 0 Å². The minimum absolute atomic E-state index is 0.00308. The lowest BCUT2D eigenvalue weighted by Gasteiger charge is -2.29. The fraction of sp³-hybridized carbons (Fsp3) is 0.857. The molecule has 0 aromatic carbocycles. The number of rotatable bonds is 5. The number of likely N-dealkylation sites (tertiary alicyclic amines) is 2. The molecule has 2 aliphatic heterocycles. The van der Waals surface area contributed by atoms with Crippen LogP contribution in [0.2, 0.25) is 0 Å². The highest BCUT2D eigenvalue weighted by atomic mass is 16.2. The average Bonchev–Trinajstić information content (AvgIpc) is 2.85. The standard InChI is InChI=1S/C14H25N3O2/c1-2-12(17-10-6-7-13(17)18)14(19)15-11-16-8-4-3-5-9-16/h12H,2-11H2,1H3,(H,15,19)/t12-/m0/s1. The molecule has 0 saturated carbocycles. The monoisotopic (exact) mass is 267 g/mol. The van der Waals surface area contributed by atoms with E-state index >= 15 is 0 Å². The van der Waals surface area contributed by atoms with E-state index < -0.39 is 0 Å². The van der Waals surface area contributed by atoms with E-state index in [0.717, 1.165) is 26.1 Å². The second kappa shape index (κ2) is 6.89. The molecule has 2 amide bonds. The van der Waals surface area contributed by atoms with E-state index in [4.69, 9.17) is 0 Å². The van der Waals surface area contributed by atoms with Gasteiger partial charge in [-0.15, -0.1) is 0 Å². The fourth-order valence-electron chi connectivity index (χ4n) is 2.97. The highest BCUT2D eigenvalue weighted by Gasteiger charge is 2.31. The molecule has 2 rings (SSSR count). The Labute approximate surface area is 115 Å². The van der Waals surface area contributed by atoms with E-state index in [1.54, 1.807) is 4.90 Å². The van der Waals surface area contributed by atoms with Crippen molar-refractivity contribution in [3.63, 3.8) is 0 Å². The minimum Gasteiger partial charge on any atom is -0.342 e. The summed E-state index contributed by atoms with van der Waals surface area (Å²) in [4.78, 5) is 28.0. The van der Waals surface area contributed by atoms with Crippen molar-refractivity contribution in [3.05, 3.63) is 0 Å². The van der Waals surface area contributed by atoms with Gasteiger partial charge >= 0.3 is 0 Å². The summed E-state index contributed by atoms with van der Waals surface area (Å²) in [5.74, 6) is 0.128. The van der Waals surface area contributed by atoms with Crippen LogP contribution in [0.5, 0.6) is 0 Å². The minimum atomic E-state index is -0.278. The first-order valence-corrected chi connectivity index (χ1v) is 7.52. The van der Waals surface area contributed by atoms with Crippen LogP contribution in [0.25, 0.3) is 0 Å². The van der Waals surface area contributed by atoms with Crippen molar-refractivity contribution in [1.29, 1.82) is 0 Å². The number of carbonyl (C=O) groups is 2. The van der Waals surface area contributed by atoms with E-state index in [9.17, 15) is 9.59 Å². The van der Waals surface area contributed by atoms with E-state index in [-0.39, 0.29) is 17.9 Å². The first kappa shape index (κ1) is 14.3. The molecule has 19 heavy (non-hydrogen) atoms. The molecular formula is C14H25N3O2. The molecule has 5 heteroatoms. The third-order valence-electron chi connectivity index (χ3n) is 4.10. The molecule has 0 spiro atoms. The van der Waals surface area contributed by atoms with E-state index in [1.165, 1.54) is 19.3 Å². The smallest absolute Gasteiger partial charge is 0.243 e. The molecule has 0 radical (unpaired) electrons. The Hall–Kier alpha value is -1.10. The zero-order chi connectivity index (χ0) is 13.7. The first-order chi connectivity index (χ1) is 9.22. The number of carbonyl (C=O) groups excluding carboxylic acids is 2. The Morgan fingerprint density at radius 2 is 1.95 bits per heavy atom. The molecule has 1 N–H and O–H groups in total. The number of nitrogens with one attached hydrogen (secondary N) is 1. The van der Waals surface area contributed by atoms with Gasteiger partial charge in [-0.05, 0) is 38.8 Å². The van der Waals surface area contributed by atoms with Crippen molar-refractivity contribution < 1.29 is 9.59 Å². The summed E-state index contributed by atoms with van der Waals surface area (Å²) >= 11 is 0. The summed E-state index contributed by atoms with van der Waals surface area (Å²) in [5, 5.41) is 2.99. The maximum absolute atomic E-state index is 12.2. The van der Waals surface area contributed by atoms with Crippen molar-refractivity contribution in [2.75, 3.05) is 26.3 Å². The summed E-state index contributed by atoms with van der Waals surface area (Å²) in [5.41, 5.74) is 0. The summed E-state index contributed by atoms with van der Waals surface area (Å²) in [7, 11) is 0. The first-order valence-electron chi connectivity index (χ1n) is 7.52. The highest BCUT2D eigenvalue weighted by molar-refractivity contribution is 5.88. The number of hydrogen-bond donors (Lipinski definition) is 1. The molecule has 2 saturated heterocycles. The Bertz CT molecular complexity index is 327. The molecule has 1 atom stereocenters. The zero-order valence-corrected chi connectivity index (χ0v) is 11.9. The van der Waals surface area contributed by atoms with Crippen molar-refractivity contribution in [3.8, 4) is 0 Å². The molecule has 0 unspecified atom stereocenters. The molecule has 5 nitrogen and oxygen atoms in total. The molecule has 0 aromatic rings. The average molecular weight is 267 g/mol. The van der Waals surface area contributed by atoms with Gasteiger partial charge in [-0.3, -0.25) is 14.5 Å². The second-order valence-electron chi connectivity index (χ2n) is 5.49. The topological polar surface area (TPSA) is 52.7 Å². The van der Waals surface area contributed by atoms with E-state index in [2.05, 4.69) is 10.2 Å². The van der Waals surface area contributed by atoms with Crippen molar-refractivity contribution >= 4 is 11.8 Å². The molecule has 0 bridgehead atoms. The van der Waals surface area contributed by atoms with Gasteiger partial charge < -0.3 is 10.2 Å². The van der Waals surface area contributed by atoms with Gasteiger partial charge in [-0.25, -0.2) is 0 Å². The molecule has 2 aliphatic rings. The van der Waals surface area contributed by atoms with Crippen LogP contribution in [-0.4, -0.2) is 54.0 Å². The predicted molar refractivity (Wildman–Crippen MR) is 73.5 cm³/mol. The number of piperidine rings is 1. The summed E-state index contributed by atoms with van der Waals surface area (Å²) < 4.78 is 0. The normalized spacial score (nSPS) is 22.6. The van der Waals surface area contributed by atoms with Crippen molar-refractivity contribution in [2.24, 2.45) is 0 Å². The van der Waals surface area contributed by atoms with E-state index in [1.807, 2.05) is 6.92 Å². The van der Waals surface area contributed by atoms with Gasteiger partial charge in [0.25, 0.3) is 0 Å². The molecule has 108 valence electrons. The van der Waals surface area contributed by atoms with Crippen molar-refractivity contribution in [2.45, 2.75) is 51.5 Å². The van der Waals surface area contributed by atoms with Crippen LogP contribution >= 0.6 is 0 Å². The Morgan fingerprint density at radius 1 is 1.21 bits per heavy atom. The second-order valence-corrected chi connectivity index (χ2v) is 5.49. The molecule has 0 aromatic heterocycles. The van der Waals surface area contributed by atoms with Gasteiger partial charge in [0.1, 0.15) is 6.04 Å². The summed E-state index contributed by atoms with van der Waals surface area (Å²) in [6, 6.07) is -0.278. The number of hydrogen-bond acceptors (Lipinski definition) is 3. The van der Waals surface area contributed by atoms with Gasteiger partial charge in [0.05, 0.1) is 6.67 Å². The quantitative estimate of drug-likeness (QED) is 0.807. The summed E-state index contributed by atoms with van der Waals surface area (Å²) in [6.07, 6.45) is 5.90.